The lowest BCUT2D eigenvalue weighted by Gasteiger charge is -2.34. The predicted octanol–water partition coefficient (Wildman–Crippen LogP) is 6.16. The summed E-state index contributed by atoms with van der Waals surface area (Å²) in [7, 11) is 0. The number of hydrogen-bond donors (Lipinski definition) is 2. The highest BCUT2D eigenvalue weighted by atomic mass is 19.1. The predicted molar refractivity (Wildman–Crippen MR) is 136 cm³/mol. The molecule has 1 aliphatic rings. The maximum absolute atomic E-state index is 13.8. The quantitative estimate of drug-likeness (QED) is 0.375. The minimum Gasteiger partial charge on any atom is -0.342 e. The number of aromatic nitrogens is 1. The van der Waals surface area contributed by atoms with E-state index in [4.69, 9.17) is 0 Å². The summed E-state index contributed by atoms with van der Waals surface area (Å²) in [6, 6.07) is 21.6. The summed E-state index contributed by atoms with van der Waals surface area (Å²) < 4.78 is 13.8. The van der Waals surface area contributed by atoms with Gasteiger partial charge in [0.2, 0.25) is 0 Å². The van der Waals surface area contributed by atoms with Crippen molar-refractivity contribution in [2.24, 2.45) is 0 Å². The number of likely N-dealkylation sites (N-methyl/N-ethyl adjacent to an activating group) is 1. The van der Waals surface area contributed by atoms with E-state index in [1.165, 1.54) is 17.2 Å². The van der Waals surface area contributed by atoms with Crippen LogP contribution in [-0.4, -0.2) is 47.5 Å². The number of piperazine rings is 1. The number of hydrogen-bond acceptors (Lipinski definition) is 3. The van der Waals surface area contributed by atoms with E-state index in [1.807, 2.05) is 18.2 Å². The molecule has 1 saturated heterocycles. The van der Waals surface area contributed by atoms with Crippen LogP contribution in [0.1, 0.15) is 18.1 Å². The molecule has 0 spiro atoms. The van der Waals surface area contributed by atoms with Crippen molar-refractivity contribution in [2.45, 2.75) is 20.4 Å². The van der Waals surface area contributed by atoms with Crippen LogP contribution in [0.25, 0.3) is 22.0 Å². The van der Waals surface area contributed by atoms with Crippen LogP contribution >= 0.6 is 0 Å². The van der Waals surface area contributed by atoms with Crippen LogP contribution in [0.3, 0.4) is 0 Å². The molecule has 3 aromatic carbocycles. The van der Waals surface area contributed by atoms with Crippen LogP contribution in [0, 0.1) is 12.7 Å². The SMILES string of the molecule is CCN1CCN(Cc2ccc(Nc3cc4cccc(-c5cccc(F)c5)c4[nH]3)cc2C)CC1. The number of H-pyrrole nitrogens is 1. The number of aryl methyl sites for hydroxylation is 1. The van der Waals surface area contributed by atoms with Gasteiger partial charge in [-0.3, -0.25) is 4.90 Å². The van der Waals surface area contributed by atoms with Gasteiger partial charge in [0.1, 0.15) is 11.6 Å². The van der Waals surface area contributed by atoms with Gasteiger partial charge >= 0.3 is 0 Å². The number of nitrogens with one attached hydrogen (secondary N) is 2. The number of rotatable bonds is 6. The van der Waals surface area contributed by atoms with Crippen molar-refractivity contribution in [1.82, 2.24) is 14.8 Å². The van der Waals surface area contributed by atoms with E-state index in [1.54, 1.807) is 12.1 Å². The summed E-state index contributed by atoms with van der Waals surface area (Å²) in [6.45, 7) is 11.2. The molecule has 1 fully saturated rings. The number of anilines is 2. The van der Waals surface area contributed by atoms with E-state index in [0.717, 1.165) is 72.8 Å². The average molecular weight is 443 g/mol. The van der Waals surface area contributed by atoms with Gasteiger partial charge in [0.25, 0.3) is 0 Å². The Balaban J connectivity index is 1.33. The van der Waals surface area contributed by atoms with Gasteiger partial charge in [-0.05, 0) is 60.5 Å². The number of fused-ring (bicyclic) bond motifs is 1. The Labute approximate surface area is 195 Å². The molecule has 0 aliphatic carbocycles. The van der Waals surface area contributed by atoms with Crippen LogP contribution < -0.4 is 5.32 Å². The lowest BCUT2D eigenvalue weighted by Crippen LogP contribution is -2.45. The topological polar surface area (TPSA) is 34.3 Å². The minimum atomic E-state index is -0.225. The Kier molecular flexibility index (Phi) is 6.16. The van der Waals surface area contributed by atoms with E-state index in [-0.39, 0.29) is 5.82 Å². The monoisotopic (exact) mass is 442 g/mol. The molecule has 2 N–H and O–H groups in total. The van der Waals surface area contributed by atoms with Crippen molar-refractivity contribution >= 4 is 22.4 Å². The molecule has 2 heterocycles. The maximum atomic E-state index is 13.8. The van der Waals surface area contributed by atoms with Crippen LogP contribution in [0.15, 0.2) is 66.7 Å². The molecule has 4 nitrogen and oxygen atoms in total. The summed E-state index contributed by atoms with van der Waals surface area (Å²) in [4.78, 5) is 8.55. The molecule has 33 heavy (non-hydrogen) atoms. The zero-order chi connectivity index (χ0) is 22.8. The average Bonchev–Trinajstić information content (AvgIpc) is 3.24. The smallest absolute Gasteiger partial charge is 0.123 e. The molecular formula is C28H31FN4. The molecule has 170 valence electrons. The number of halogens is 1. The third-order valence-electron chi connectivity index (χ3n) is 6.72. The molecule has 1 aliphatic heterocycles. The second kappa shape index (κ2) is 9.38. The van der Waals surface area contributed by atoms with E-state index >= 15 is 0 Å². The summed E-state index contributed by atoms with van der Waals surface area (Å²) in [5.41, 5.74) is 6.62. The Bertz CT molecular complexity index is 1250. The Hall–Kier alpha value is -3.15. The van der Waals surface area contributed by atoms with Crippen LogP contribution in [0.4, 0.5) is 15.9 Å². The standard InChI is InChI=1S/C28H31FN4/c1-3-32-12-14-33(15-13-32)19-23-10-11-25(16-20(23)2)30-27-18-22-7-5-9-26(28(22)31-27)21-6-4-8-24(29)17-21/h4-11,16-18,30-31H,3,12-15,19H2,1-2H3. The van der Waals surface area contributed by atoms with Crippen molar-refractivity contribution < 1.29 is 4.39 Å². The van der Waals surface area contributed by atoms with Gasteiger partial charge in [-0.25, -0.2) is 4.39 Å². The fourth-order valence-corrected chi connectivity index (χ4v) is 4.73. The molecule has 0 saturated carbocycles. The van der Waals surface area contributed by atoms with E-state index in [2.05, 4.69) is 64.3 Å². The molecule has 0 bridgehead atoms. The molecule has 5 heteroatoms. The van der Waals surface area contributed by atoms with Crippen LogP contribution in [-0.2, 0) is 6.54 Å². The zero-order valence-electron chi connectivity index (χ0n) is 19.4. The first-order valence-corrected chi connectivity index (χ1v) is 11.8. The van der Waals surface area contributed by atoms with Gasteiger partial charge in [-0.2, -0.15) is 0 Å². The van der Waals surface area contributed by atoms with E-state index in [9.17, 15) is 4.39 Å². The van der Waals surface area contributed by atoms with Gasteiger partial charge in [0.15, 0.2) is 0 Å². The van der Waals surface area contributed by atoms with Crippen LogP contribution in [0.2, 0.25) is 0 Å². The number of nitrogens with zero attached hydrogens (tertiary/aromatic N) is 2. The summed E-state index contributed by atoms with van der Waals surface area (Å²) in [6.07, 6.45) is 0. The van der Waals surface area contributed by atoms with Gasteiger partial charge in [-0.15, -0.1) is 0 Å². The second-order valence-corrected chi connectivity index (χ2v) is 8.94. The fraction of sp³-hybridized carbons (Fsp3) is 0.286. The third kappa shape index (κ3) is 4.80. The molecule has 1 aromatic heterocycles. The fourth-order valence-electron chi connectivity index (χ4n) is 4.73. The van der Waals surface area contributed by atoms with Crippen molar-refractivity contribution in [2.75, 3.05) is 38.0 Å². The summed E-state index contributed by atoms with van der Waals surface area (Å²) >= 11 is 0. The zero-order valence-corrected chi connectivity index (χ0v) is 19.4. The number of benzene rings is 3. The highest BCUT2D eigenvalue weighted by Crippen LogP contribution is 2.31. The highest BCUT2D eigenvalue weighted by Gasteiger charge is 2.16. The van der Waals surface area contributed by atoms with Gasteiger partial charge in [0.05, 0.1) is 5.52 Å². The molecule has 0 unspecified atom stereocenters. The first kappa shape index (κ1) is 21.7. The van der Waals surface area contributed by atoms with Crippen molar-refractivity contribution in [1.29, 1.82) is 0 Å². The number of para-hydroxylation sites is 1. The minimum absolute atomic E-state index is 0.225. The molecular weight excluding hydrogens is 411 g/mol. The molecule has 0 amide bonds. The normalized spacial score (nSPS) is 15.2. The van der Waals surface area contributed by atoms with Crippen LogP contribution in [0.5, 0.6) is 0 Å². The Morgan fingerprint density at radius 3 is 2.45 bits per heavy atom. The molecule has 0 atom stereocenters. The first-order valence-electron chi connectivity index (χ1n) is 11.8. The van der Waals surface area contributed by atoms with E-state index in [0.29, 0.717) is 0 Å². The lowest BCUT2D eigenvalue weighted by molar-refractivity contribution is 0.132. The Morgan fingerprint density at radius 2 is 1.70 bits per heavy atom. The van der Waals surface area contributed by atoms with Gasteiger partial charge in [0, 0.05) is 49.4 Å². The second-order valence-electron chi connectivity index (χ2n) is 8.94. The van der Waals surface area contributed by atoms with Gasteiger partial charge in [-0.1, -0.05) is 43.3 Å². The lowest BCUT2D eigenvalue weighted by atomic mass is 10.0. The number of aromatic amines is 1. The van der Waals surface area contributed by atoms with Crippen molar-refractivity contribution in [3.05, 3.63) is 83.7 Å². The van der Waals surface area contributed by atoms with Crippen molar-refractivity contribution in [3.63, 3.8) is 0 Å². The maximum Gasteiger partial charge on any atom is 0.123 e. The molecule has 5 rings (SSSR count). The third-order valence-corrected chi connectivity index (χ3v) is 6.72. The Morgan fingerprint density at radius 1 is 0.909 bits per heavy atom. The molecule has 0 radical (unpaired) electrons. The largest absolute Gasteiger partial charge is 0.342 e. The summed E-state index contributed by atoms with van der Waals surface area (Å²) in [5.74, 6) is 0.703. The highest BCUT2D eigenvalue weighted by molar-refractivity contribution is 5.96. The summed E-state index contributed by atoms with van der Waals surface area (Å²) in [5, 5.41) is 4.61. The van der Waals surface area contributed by atoms with Gasteiger partial charge < -0.3 is 15.2 Å². The van der Waals surface area contributed by atoms with E-state index < -0.39 is 0 Å². The van der Waals surface area contributed by atoms with Crippen molar-refractivity contribution in [3.8, 4) is 11.1 Å². The molecule has 4 aromatic rings. The first-order chi connectivity index (χ1) is 16.1.